The van der Waals surface area contributed by atoms with Crippen molar-refractivity contribution in [2.24, 2.45) is 4.99 Å². The number of carbonyl (C=O) groups is 1. The summed E-state index contributed by atoms with van der Waals surface area (Å²) in [6.45, 7) is 7.06. The number of carbonyl (C=O) groups excluding carboxylic acids is 1. The zero-order valence-corrected chi connectivity index (χ0v) is 17.3. The van der Waals surface area contributed by atoms with Gasteiger partial charge in [-0.3, -0.25) is 10.1 Å². The fourth-order valence-electron chi connectivity index (χ4n) is 3.87. The van der Waals surface area contributed by atoms with E-state index >= 15 is 0 Å². The minimum absolute atomic E-state index is 0.155. The second kappa shape index (κ2) is 8.57. The molecule has 0 bridgehead atoms. The summed E-state index contributed by atoms with van der Waals surface area (Å²) in [5, 5.41) is 24.6. The Labute approximate surface area is 166 Å². The van der Waals surface area contributed by atoms with Gasteiger partial charge in [0, 0.05) is 40.6 Å². The average Bonchev–Trinajstić information content (AvgIpc) is 3.12. The van der Waals surface area contributed by atoms with E-state index in [-0.39, 0.29) is 27.0 Å². The first kappa shape index (κ1) is 21.4. The molecule has 0 radical (unpaired) electrons. The molecule has 1 spiro atoms. The smallest absolute Gasteiger partial charge is 0.178 e. The first-order valence-corrected chi connectivity index (χ1v) is 10.7. The summed E-state index contributed by atoms with van der Waals surface area (Å²) < 4.78 is 5.56. The minimum atomic E-state index is -1.07. The highest BCUT2D eigenvalue weighted by molar-refractivity contribution is 7.30. The van der Waals surface area contributed by atoms with Crippen LogP contribution in [0, 0.1) is 0 Å². The van der Waals surface area contributed by atoms with Crippen molar-refractivity contribution in [3.8, 4) is 0 Å². The van der Waals surface area contributed by atoms with Crippen LogP contribution in [0.2, 0.25) is 0 Å². The maximum atomic E-state index is 12.0. The number of nitrogens with one attached hydrogen (secondary N) is 2. The van der Waals surface area contributed by atoms with Gasteiger partial charge in [0.2, 0.25) is 0 Å². The second-order valence-electron chi connectivity index (χ2n) is 7.25. The molecule has 1 saturated carbocycles. The third-order valence-corrected chi connectivity index (χ3v) is 5.93. The van der Waals surface area contributed by atoms with Gasteiger partial charge < -0.3 is 29.7 Å². The number of aromatic amines is 1. The number of aliphatic hydroxyl groups excluding tert-OH is 2. The predicted octanol–water partition coefficient (Wildman–Crippen LogP) is 0.656. The van der Waals surface area contributed by atoms with Crippen LogP contribution in [0.1, 0.15) is 49.3 Å². The Kier molecular flexibility index (Phi) is 6.54. The topological polar surface area (TPSA) is 130 Å². The summed E-state index contributed by atoms with van der Waals surface area (Å²) in [5.41, 5.74) is 0.729. The number of hydrogen-bond acceptors (Lipinski definition) is 7. The van der Waals surface area contributed by atoms with Crippen LogP contribution in [0.25, 0.3) is 0 Å². The van der Waals surface area contributed by atoms with Crippen LogP contribution in [0.3, 0.4) is 0 Å². The van der Waals surface area contributed by atoms with Gasteiger partial charge in [-0.25, -0.2) is 4.99 Å². The van der Waals surface area contributed by atoms with Crippen molar-refractivity contribution in [2.75, 3.05) is 19.4 Å². The van der Waals surface area contributed by atoms with Gasteiger partial charge in [-0.1, -0.05) is 0 Å². The molecule has 1 aromatic heterocycles. The van der Waals surface area contributed by atoms with Crippen molar-refractivity contribution in [2.45, 2.75) is 57.1 Å². The van der Waals surface area contributed by atoms with Gasteiger partial charge in [0.1, 0.15) is 17.9 Å². The number of hydrogen-bond donors (Lipinski definition) is 5. The van der Waals surface area contributed by atoms with Gasteiger partial charge in [0.25, 0.3) is 0 Å². The molecule has 9 nitrogen and oxygen atoms in total. The van der Waals surface area contributed by atoms with Crippen LogP contribution < -0.4 is 5.32 Å². The maximum Gasteiger partial charge on any atom is 0.178 e. The second-order valence-corrected chi connectivity index (χ2v) is 7.85. The summed E-state index contributed by atoms with van der Waals surface area (Å²) in [6.07, 6.45) is 1.76. The molecule has 0 amide bonds. The third kappa shape index (κ3) is 3.75. The molecule has 1 aromatic rings. The highest BCUT2D eigenvalue weighted by Crippen LogP contribution is 2.52. The monoisotopic (exact) mass is 412 g/mol. The van der Waals surface area contributed by atoms with Crippen molar-refractivity contribution < 1.29 is 24.6 Å². The normalized spacial score (nSPS) is 32.2. The van der Waals surface area contributed by atoms with Crippen molar-refractivity contribution in [1.29, 1.82) is 0 Å². The van der Waals surface area contributed by atoms with E-state index in [0.29, 0.717) is 23.4 Å². The van der Waals surface area contributed by atoms with Gasteiger partial charge in [0.15, 0.2) is 5.78 Å². The number of aliphatic hydroxyl groups is 2. The summed E-state index contributed by atoms with van der Waals surface area (Å²) in [7, 11) is -0.323. The lowest BCUT2D eigenvalue weighted by Gasteiger charge is -2.17. The number of nitrogens with zero attached hydrogens (tertiary/aromatic N) is 2. The Balaban J connectivity index is 1.88. The van der Waals surface area contributed by atoms with Crippen molar-refractivity contribution in [3.05, 3.63) is 17.5 Å². The third-order valence-electron chi connectivity index (χ3n) is 5.64. The molecular weight excluding hydrogens is 383 g/mol. The fraction of sp³-hybridized carbons (Fsp3) is 0.667. The molecule has 2 heterocycles. The lowest BCUT2D eigenvalue weighted by Crippen LogP contribution is -2.39. The van der Waals surface area contributed by atoms with E-state index in [2.05, 4.69) is 15.3 Å². The van der Waals surface area contributed by atoms with Crippen LogP contribution in [0.15, 0.2) is 11.2 Å². The van der Waals surface area contributed by atoms with E-state index in [1.54, 1.807) is 12.5 Å². The van der Waals surface area contributed by atoms with E-state index in [0.717, 1.165) is 13.1 Å². The highest BCUT2D eigenvalue weighted by atomic mass is 31.1. The number of Topliss-reactive ketones (excluding diaryl/α,β-unsaturated/α-hetero) is 1. The Bertz CT molecular complexity index is 738. The summed E-state index contributed by atoms with van der Waals surface area (Å²) in [5.74, 6) is -0.155. The molecule has 156 valence electrons. The van der Waals surface area contributed by atoms with Crippen molar-refractivity contribution >= 4 is 26.6 Å². The molecule has 0 aromatic carbocycles. The SMILES string of the molecule is CCN(C=Nc1c(C2NC3(CC3OCPO)C(O)C2O)c[nH]c1C(C)=O)CC. The Morgan fingerprint density at radius 3 is 2.79 bits per heavy atom. The Hall–Kier alpha value is -1.35. The number of ether oxygens (including phenoxy) is 1. The zero-order valence-electron chi connectivity index (χ0n) is 16.3. The van der Waals surface area contributed by atoms with Crippen LogP contribution in [0.4, 0.5) is 5.69 Å². The number of H-pyrrole nitrogens is 1. The fourth-order valence-corrected chi connectivity index (χ4v) is 4.14. The molecule has 10 heteroatoms. The average molecular weight is 412 g/mol. The first-order valence-electron chi connectivity index (χ1n) is 9.52. The molecule has 3 rings (SSSR count). The maximum absolute atomic E-state index is 12.0. The van der Waals surface area contributed by atoms with Gasteiger partial charge in [-0.15, -0.1) is 0 Å². The molecule has 6 atom stereocenters. The standard InChI is InChI=1S/C18H29N4O5P/c1-4-22(5-2)8-20-14-11(7-19-13(14)10(3)23)15-16(24)17(25)18(21-15)6-12(18)27-9-28-26/h7-8,12,15-17,19,21,24-26,28H,4-6,9H2,1-3H3. The van der Waals surface area contributed by atoms with Gasteiger partial charge >= 0.3 is 0 Å². The van der Waals surface area contributed by atoms with Crippen LogP contribution in [-0.2, 0) is 4.74 Å². The lowest BCUT2D eigenvalue weighted by molar-refractivity contribution is 0.0110. The minimum Gasteiger partial charge on any atom is -0.388 e. The Morgan fingerprint density at radius 1 is 1.46 bits per heavy atom. The lowest BCUT2D eigenvalue weighted by atomic mass is 10.0. The van der Waals surface area contributed by atoms with E-state index in [9.17, 15) is 15.0 Å². The zero-order chi connectivity index (χ0) is 20.5. The van der Waals surface area contributed by atoms with Crippen molar-refractivity contribution in [3.63, 3.8) is 0 Å². The summed E-state index contributed by atoms with van der Waals surface area (Å²) in [6, 6.07) is -0.589. The predicted molar refractivity (Wildman–Crippen MR) is 107 cm³/mol. The molecule has 1 aliphatic carbocycles. The van der Waals surface area contributed by atoms with Crippen molar-refractivity contribution in [1.82, 2.24) is 15.2 Å². The number of aliphatic imine (C=N–C) groups is 1. The van der Waals surface area contributed by atoms with E-state index in [1.807, 2.05) is 18.7 Å². The van der Waals surface area contributed by atoms with Gasteiger partial charge in [-0.05, 0) is 20.3 Å². The summed E-state index contributed by atoms with van der Waals surface area (Å²) >= 11 is 0. The largest absolute Gasteiger partial charge is 0.388 e. The quantitative estimate of drug-likeness (QED) is 0.174. The first-order chi connectivity index (χ1) is 13.4. The van der Waals surface area contributed by atoms with Gasteiger partial charge in [-0.2, -0.15) is 0 Å². The van der Waals surface area contributed by atoms with Crippen LogP contribution in [-0.4, -0.2) is 80.4 Å². The van der Waals surface area contributed by atoms with Crippen LogP contribution in [0.5, 0.6) is 0 Å². The van der Waals surface area contributed by atoms with E-state index < -0.39 is 23.8 Å². The number of ketones is 1. The molecule has 1 aliphatic heterocycles. The molecule has 2 fully saturated rings. The molecule has 2 aliphatic rings. The number of rotatable bonds is 9. The van der Waals surface area contributed by atoms with E-state index in [4.69, 9.17) is 9.63 Å². The number of aromatic nitrogens is 1. The highest BCUT2D eigenvalue weighted by Gasteiger charge is 2.68. The molecule has 1 saturated heterocycles. The van der Waals surface area contributed by atoms with Crippen LogP contribution >= 0.6 is 8.81 Å². The molecule has 6 unspecified atom stereocenters. The molecule has 5 N–H and O–H groups in total. The van der Waals surface area contributed by atoms with E-state index in [1.165, 1.54) is 6.92 Å². The molecular formula is C18H29N4O5P. The Morgan fingerprint density at radius 2 is 2.18 bits per heavy atom. The molecule has 28 heavy (non-hydrogen) atoms. The summed E-state index contributed by atoms with van der Waals surface area (Å²) in [4.78, 5) is 30.5. The van der Waals surface area contributed by atoms with Gasteiger partial charge in [0.05, 0.1) is 36.1 Å².